The standard InChI is InChI=1S/C21H27N5O4/c1-6-9-24-19(27)17-18(23(3)21(24)28)22-20-25(11-13(2)12-26(17)20)15-8-7-14(29-4)10-16(15)30-5/h7-8,10,13H,6,9,11-12H2,1-5H3/t13-/m0/s1. The van der Waals surface area contributed by atoms with E-state index in [0.29, 0.717) is 54.7 Å². The van der Waals surface area contributed by atoms with Gasteiger partial charge in [0.05, 0.1) is 19.9 Å². The molecule has 0 bridgehead atoms. The normalized spacial score (nSPS) is 16.0. The van der Waals surface area contributed by atoms with E-state index in [0.717, 1.165) is 5.69 Å². The third-order valence-electron chi connectivity index (χ3n) is 5.57. The van der Waals surface area contributed by atoms with E-state index in [9.17, 15) is 9.59 Å². The second-order valence-corrected chi connectivity index (χ2v) is 7.75. The van der Waals surface area contributed by atoms with Gasteiger partial charge in [-0.25, -0.2) is 4.79 Å². The van der Waals surface area contributed by atoms with Crippen molar-refractivity contribution in [3.05, 3.63) is 39.0 Å². The van der Waals surface area contributed by atoms with Crippen molar-refractivity contribution in [2.75, 3.05) is 25.7 Å². The summed E-state index contributed by atoms with van der Waals surface area (Å²) in [7, 11) is 4.89. The van der Waals surface area contributed by atoms with Crippen molar-refractivity contribution < 1.29 is 9.47 Å². The van der Waals surface area contributed by atoms with Crippen LogP contribution in [0.15, 0.2) is 27.8 Å². The Labute approximate surface area is 174 Å². The van der Waals surface area contributed by atoms with E-state index >= 15 is 0 Å². The summed E-state index contributed by atoms with van der Waals surface area (Å²) >= 11 is 0. The molecule has 0 radical (unpaired) electrons. The van der Waals surface area contributed by atoms with Crippen LogP contribution in [0, 0.1) is 5.92 Å². The molecule has 1 atom stereocenters. The van der Waals surface area contributed by atoms with Gasteiger partial charge in [0, 0.05) is 32.7 Å². The highest BCUT2D eigenvalue weighted by Crippen LogP contribution is 2.39. The lowest BCUT2D eigenvalue weighted by molar-refractivity contribution is 0.392. The van der Waals surface area contributed by atoms with E-state index in [1.807, 2.05) is 34.6 Å². The van der Waals surface area contributed by atoms with Gasteiger partial charge in [0.15, 0.2) is 11.2 Å². The molecular formula is C21H27N5O4. The van der Waals surface area contributed by atoms with Gasteiger partial charge in [0.25, 0.3) is 5.56 Å². The first-order valence-electron chi connectivity index (χ1n) is 10.1. The first kappa shape index (κ1) is 20.1. The molecule has 3 heterocycles. The van der Waals surface area contributed by atoms with Crippen LogP contribution in [0.3, 0.4) is 0 Å². The molecule has 9 heteroatoms. The fourth-order valence-corrected chi connectivity index (χ4v) is 4.14. The molecule has 30 heavy (non-hydrogen) atoms. The second kappa shape index (κ2) is 7.55. The minimum absolute atomic E-state index is 0.262. The number of hydrogen-bond acceptors (Lipinski definition) is 6. The fourth-order valence-electron chi connectivity index (χ4n) is 4.14. The highest BCUT2D eigenvalue weighted by atomic mass is 16.5. The summed E-state index contributed by atoms with van der Waals surface area (Å²) in [5.74, 6) is 2.24. The highest BCUT2D eigenvalue weighted by molar-refractivity contribution is 5.78. The zero-order chi connectivity index (χ0) is 21.6. The van der Waals surface area contributed by atoms with E-state index in [1.54, 1.807) is 21.3 Å². The molecule has 1 aliphatic rings. The van der Waals surface area contributed by atoms with Gasteiger partial charge in [0.1, 0.15) is 11.5 Å². The van der Waals surface area contributed by atoms with Gasteiger partial charge in [-0.15, -0.1) is 0 Å². The van der Waals surface area contributed by atoms with Crippen LogP contribution in [-0.4, -0.2) is 39.4 Å². The Kier molecular flexibility index (Phi) is 5.05. The summed E-state index contributed by atoms with van der Waals surface area (Å²) in [6.45, 7) is 5.82. The molecular weight excluding hydrogens is 386 g/mol. The van der Waals surface area contributed by atoms with Gasteiger partial charge < -0.3 is 18.9 Å². The number of rotatable bonds is 5. The van der Waals surface area contributed by atoms with Gasteiger partial charge in [-0.05, 0) is 24.5 Å². The minimum atomic E-state index is -0.341. The van der Waals surface area contributed by atoms with Crippen molar-refractivity contribution in [2.24, 2.45) is 13.0 Å². The average Bonchev–Trinajstić information content (AvgIpc) is 3.13. The maximum Gasteiger partial charge on any atom is 0.332 e. The highest BCUT2D eigenvalue weighted by Gasteiger charge is 2.31. The Morgan fingerprint density at radius 3 is 2.60 bits per heavy atom. The number of aryl methyl sites for hydroxylation is 1. The third-order valence-corrected chi connectivity index (χ3v) is 5.57. The van der Waals surface area contributed by atoms with E-state index in [2.05, 4.69) is 6.92 Å². The molecule has 1 aliphatic heterocycles. The van der Waals surface area contributed by atoms with Crippen LogP contribution in [-0.2, 0) is 20.1 Å². The SMILES string of the molecule is CCCn1c(=O)c2c(nc3n2C[C@@H](C)CN3c2ccc(OC)cc2OC)n(C)c1=O. The summed E-state index contributed by atoms with van der Waals surface area (Å²) in [5, 5.41) is 0. The van der Waals surface area contributed by atoms with Gasteiger partial charge in [-0.2, -0.15) is 4.98 Å². The van der Waals surface area contributed by atoms with Crippen LogP contribution < -0.4 is 25.6 Å². The van der Waals surface area contributed by atoms with Crippen LogP contribution in [0.5, 0.6) is 11.5 Å². The molecule has 9 nitrogen and oxygen atoms in total. The molecule has 0 saturated carbocycles. The fraction of sp³-hybridized carbons (Fsp3) is 0.476. The molecule has 2 aromatic heterocycles. The number of ether oxygens (including phenoxy) is 2. The summed E-state index contributed by atoms with van der Waals surface area (Å²) in [4.78, 5) is 32.7. The van der Waals surface area contributed by atoms with Crippen LogP contribution in [0.1, 0.15) is 20.3 Å². The molecule has 0 amide bonds. The predicted molar refractivity (Wildman–Crippen MR) is 115 cm³/mol. The van der Waals surface area contributed by atoms with Crippen molar-refractivity contribution >= 4 is 22.8 Å². The van der Waals surface area contributed by atoms with Crippen molar-refractivity contribution in [3.63, 3.8) is 0 Å². The number of methoxy groups -OCH3 is 2. The van der Waals surface area contributed by atoms with E-state index in [-0.39, 0.29) is 17.2 Å². The lowest BCUT2D eigenvalue weighted by atomic mass is 10.1. The number of aromatic nitrogens is 4. The van der Waals surface area contributed by atoms with Crippen molar-refractivity contribution in [1.29, 1.82) is 0 Å². The summed E-state index contributed by atoms with van der Waals surface area (Å²) in [5.41, 5.74) is 1.07. The Hall–Kier alpha value is -3.23. The summed E-state index contributed by atoms with van der Waals surface area (Å²) < 4.78 is 15.6. The summed E-state index contributed by atoms with van der Waals surface area (Å²) in [6, 6.07) is 5.62. The maximum atomic E-state index is 13.2. The molecule has 0 unspecified atom stereocenters. The second-order valence-electron chi connectivity index (χ2n) is 7.75. The maximum absolute atomic E-state index is 13.2. The Morgan fingerprint density at radius 2 is 1.93 bits per heavy atom. The molecule has 0 saturated heterocycles. The predicted octanol–water partition coefficient (Wildman–Crippen LogP) is 2.11. The Balaban J connectivity index is 1.99. The van der Waals surface area contributed by atoms with Crippen LogP contribution in [0.2, 0.25) is 0 Å². The Bertz CT molecular complexity index is 1220. The first-order valence-corrected chi connectivity index (χ1v) is 10.1. The monoisotopic (exact) mass is 413 g/mol. The molecule has 0 spiro atoms. The zero-order valence-electron chi connectivity index (χ0n) is 18.0. The first-order chi connectivity index (χ1) is 14.4. The Morgan fingerprint density at radius 1 is 1.17 bits per heavy atom. The number of benzene rings is 1. The van der Waals surface area contributed by atoms with Gasteiger partial charge in [-0.3, -0.25) is 13.9 Å². The lowest BCUT2D eigenvalue weighted by Gasteiger charge is -2.33. The largest absolute Gasteiger partial charge is 0.497 e. The molecule has 3 aromatic rings. The molecule has 0 aliphatic carbocycles. The van der Waals surface area contributed by atoms with Crippen LogP contribution >= 0.6 is 0 Å². The average molecular weight is 413 g/mol. The minimum Gasteiger partial charge on any atom is -0.497 e. The van der Waals surface area contributed by atoms with Gasteiger partial charge >= 0.3 is 5.69 Å². The number of hydrogen-bond donors (Lipinski definition) is 0. The number of imidazole rings is 1. The molecule has 160 valence electrons. The van der Waals surface area contributed by atoms with Crippen LogP contribution in [0.4, 0.5) is 11.6 Å². The van der Waals surface area contributed by atoms with Crippen molar-refractivity contribution in [1.82, 2.24) is 18.7 Å². The topological polar surface area (TPSA) is 83.5 Å². The zero-order valence-corrected chi connectivity index (χ0v) is 18.0. The molecule has 4 rings (SSSR count). The number of anilines is 2. The molecule has 0 fully saturated rings. The van der Waals surface area contributed by atoms with Crippen molar-refractivity contribution in [3.8, 4) is 11.5 Å². The molecule has 0 N–H and O–H groups in total. The van der Waals surface area contributed by atoms with E-state index in [1.165, 1.54) is 9.13 Å². The third kappa shape index (κ3) is 2.96. The molecule has 1 aromatic carbocycles. The summed E-state index contributed by atoms with van der Waals surface area (Å²) in [6.07, 6.45) is 0.702. The van der Waals surface area contributed by atoms with E-state index in [4.69, 9.17) is 14.5 Å². The quantitative estimate of drug-likeness (QED) is 0.637. The van der Waals surface area contributed by atoms with Gasteiger partial charge in [0.2, 0.25) is 5.95 Å². The van der Waals surface area contributed by atoms with Gasteiger partial charge in [-0.1, -0.05) is 13.8 Å². The lowest BCUT2D eigenvalue weighted by Crippen LogP contribution is -2.40. The number of fused-ring (bicyclic) bond motifs is 3. The number of nitrogens with zero attached hydrogens (tertiary/aromatic N) is 5. The smallest absolute Gasteiger partial charge is 0.332 e. The van der Waals surface area contributed by atoms with E-state index < -0.39 is 0 Å². The van der Waals surface area contributed by atoms with Crippen LogP contribution in [0.25, 0.3) is 11.2 Å². The van der Waals surface area contributed by atoms with Crippen molar-refractivity contribution in [2.45, 2.75) is 33.4 Å².